The molecule has 0 amide bonds. The molecule has 1 unspecified atom stereocenters. The molecule has 0 aromatic carbocycles. The maximum absolute atomic E-state index is 6.26. The molecule has 3 heterocycles. The number of piperidine rings is 1. The fourth-order valence-corrected chi connectivity index (χ4v) is 3.18. The maximum Gasteiger partial charge on any atom is 0.114 e. The highest BCUT2D eigenvalue weighted by molar-refractivity contribution is 6.29. The van der Waals surface area contributed by atoms with Crippen molar-refractivity contribution < 1.29 is 0 Å². The van der Waals surface area contributed by atoms with Gasteiger partial charge in [-0.3, -0.25) is 4.40 Å². The van der Waals surface area contributed by atoms with E-state index in [2.05, 4.69) is 27.4 Å². The fraction of sp³-hybridized carbons (Fsp3) is 0.500. The van der Waals surface area contributed by atoms with E-state index in [-0.39, 0.29) is 0 Å². The molecule has 96 valence electrons. The van der Waals surface area contributed by atoms with E-state index in [1.165, 1.54) is 25.9 Å². The molecular weight excluding hydrogens is 246 g/mol. The quantitative estimate of drug-likeness (QED) is 0.777. The Morgan fingerprint density at radius 3 is 3.17 bits per heavy atom. The van der Waals surface area contributed by atoms with Gasteiger partial charge < -0.3 is 4.90 Å². The Morgan fingerprint density at radius 1 is 1.44 bits per heavy atom. The van der Waals surface area contributed by atoms with E-state index in [1.54, 1.807) is 0 Å². The smallest absolute Gasteiger partial charge is 0.114 e. The zero-order valence-corrected chi connectivity index (χ0v) is 11.4. The topological polar surface area (TPSA) is 20.5 Å². The number of fused-ring (bicyclic) bond motifs is 1. The first-order valence-electron chi connectivity index (χ1n) is 6.53. The van der Waals surface area contributed by atoms with Crippen molar-refractivity contribution >= 4 is 17.1 Å². The highest BCUT2D eigenvalue weighted by Crippen LogP contribution is 2.22. The minimum atomic E-state index is 0.700. The van der Waals surface area contributed by atoms with Crippen LogP contribution in [-0.2, 0) is 6.42 Å². The standard InChI is InChI=1S/C14H18ClN3/c1-17-7-3-4-11(10-17)8-14-16-9-12-5-2-6-13(15)18(12)14/h2,5-6,9,11H,3-4,7-8,10H2,1H3. The summed E-state index contributed by atoms with van der Waals surface area (Å²) in [4.78, 5) is 6.94. The Hall–Kier alpha value is -1.06. The molecule has 1 aliphatic heterocycles. The summed E-state index contributed by atoms with van der Waals surface area (Å²) in [6.07, 6.45) is 5.51. The normalized spacial score (nSPS) is 21.6. The van der Waals surface area contributed by atoms with Crippen LogP contribution in [0.4, 0.5) is 0 Å². The van der Waals surface area contributed by atoms with Gasteiger partial charge in [0.2, 0.25) is 0 Å². The van der Waals surface area contributed by atoms with Gasteiger partial charge in [-0.05, 0) is 44.5 Å². The summed E-state index contributed by atoms with van der Waals surface area (Å²) in [5, 5.41) is 0.754. The summed E-state index contributed by atoms with van der Waals surface area (Å²) in [6, 6.07) is 5.94. The van der Waals surface area contributed by atoms with Gasteiger partial charge in [-0.25, -0.2) is 4.98 Å². The molecule has 3 rings (SSSR count). The summed E-state index contributed by atoms with van der Waals surface area (Å²) >= 11 is 6.26. The zero-order valence-electron chi connectivity index (χ0n) is 10.6. The number of rotatable bonds is 2. The van der Waals surface area contributed by atoms with Crippen LogP contribution in [0.25, 0.3) is 5.52 Å². The van der Waals surface area contributed by atoms with Gasteiger partial charge in [-0.2, -0.15) is 0 Å². The molecule has 0 radical (unpaired) electrons. The predicted octanol–water partition coefficient (Wildman–Crippen LogP) is 2.87. The van der Waals surface area contributed by atoms with Crippen LogP contribution in [0.3, 0.4) is 0 Å². The van der Waals surface area contributed by atoms with Gasteiger partial charge in [-0.1, -0.05) is 17.7 Å². The zero-order chi connectivity index (χ0) is 12.5. The second-order valence-corrected chi connectivity index (χ2v) is 5.65. The molecule has 1 aliphatic rings. The van der Waals surface area contributed by atoms with E-state index < -0.39 is 0 Å². The van der Waals surface area contributed by atoms with Crippen molar-refractivity contribution in [2.45, 2.75) is 19.3 Å². The SMILES string of the molecule is CN1CCCC(Cc2ncc3cccc(Cl)n23)C1. The van der Waals surface area contributed by atoms with E-state index in [9.17, 15) is 0 Å². The number of aromatic nitrogens is 2. The molecular formula is C14H18ClN3. The van der Waals surface area contributed by atoms with Gasteiger partial charge in [0.05, 0.1) is 11.7 Å². The van der Waals surface area contributed by atoms with Crippen LogP contribution in [0.15, 0.2) is 24.4 Å². The molecule has 3 nitrogen and oxygen atoms in total. The van der Waals surface area contributed by atoms with E-state index >= 15 is 0 Å². The monoisotopic (exact) mass is 263 g/mol. The molecule has 0 N–H and O–H groups in total. The third-order valence-corrected chi connectivity index (χ3v) is 4.06. The van der Waals surface area contributed by atoms with Crippen molar-refractivity contribution in [2.75, 3.05) is 20.1 Å². The minimum absolute atomic E-state index is 0.700. The Kier molecular flexibility index (Phi) is 3.27. The summed E-state index contributed by atoms with van der Waals surface area (Å²) in [5.74, 6) is 1.79. The number of pyridine rings is 1. The average molecular weight is 264 g/mol. The van der Waals surface area contributed by atoms with Crippen molar-refractivity contribution in [1.29, 1.82) is 0 Å². The van der Waals surface area contributed by atoms with Crippen molar-refractivity contribution in [3.8, 4) is 0 Å². The van der Waals surface area contributed by atoms with Crippen molar-refractivity contribution in [3.63, 3.8) is 0 Å². The summed E-state index contributed by atoms with van der Waals surface area (Å²) in [7, 11) is 2.20. The number of hydrogen-bond acceptors (Lipinski definition) is 2. The lowest BCUT2D eigenvalue weighted by Gasteiger charge is -2.29. The highest BCUT2D eigenvalue weighted by atomic mass is 35.5. The first kappa shape index (κ1) is 12.0. The molecule has 1 atom stereocenters. The van der Waals surface area contributed by atoms with Crippen LogP contribution in [0.1, 0.15) is 18.7 Å². The van der Waals surface area contributed by atoms with E-state index in [4.69, 9.17) is 11.6 Å². The van der Waals surface area contributed by atoms with E-state index in [0.29, 0.717) is 5.92 Å². The Labute approximate surface area is 112 Å². The van der Waals surface area contributed by atoms with Gasteiger partial charge in [-0.15, -0.1) is 0 Å². The molecule has 2 aromatic rings. The predicted molar refractivity (Wildman–Crippen MR) is 74.1 cm³/mol. The lowest BCUT2D eigenvalue weighted by Crippen LogP contribution is -2.33. The minimum Gasteiger partial charge on any atom is -0.306 e. The Balaban J connectivity index is 1.86. The second kappa shape index (κ2) is 4.90. The van der Waals surface area contributed by atoms with Crippen LogP contribution in [0.2, 0.25) is 5.15 Å². The Morgan fingerprint density at radius 2 is 2.33 bits per heavy atom. The van der Waals surface area contributed by atoms with Crippen molar-refractivity contribution in [3.05, 3.63) is 35.4 Å². The molecule has 1 saturated heterocycles. The molecule has 2 aromatic heterocycles. The fourth-order valence-electron chi connectivity index (χ4n) is 2.91. The second-order valence-electron chi connectivity index (χ2n) is 5.26. The van der Waals surface area contributed by atoms with Gasteiger partial charge >= 0.3 is 0 Å². The number of halogens is 1. The van der Waals surface area contributed by atoms with Crippen LogP contribution in [0.5, 0.6) is 0 Å². The van der Waals surface area contributed by atoms with Gasteiger partial charge in [0.25, 0.3) is 0 Å². The molecule has 0 bridgehead atoms. The number of nitrogens with zero attached hydrogens (tertiary/aromatic N) is 3. The van der Waals surface area contributed by atoms with Crippen LogP contribution < -0.4 is 0 Å². The van der Waals surface area contributed by atoms with Gasteiger partial charge in [0.1, 0.15) is 11.0 Å². The number of likely N-dealkylation sites (tertiary alicyclic amines) is 1. The molecule has 0 saturated carbocycles. The molecule has 1 fully saturated rings. The maximum atomic E-state index is 6.26. The van der Waals surface area contributed by atoms with E-state index in [0.717, 1.165) is 22.9 Å². The van der Waals surface area contributed by atoms with Gasteiger partial charge in [0, 0.05) is 13.0 Å². The van der Waals surface area contributed by atoms with Crippen LogP contribution in [0, 0.1) is 5.92 Å². The number of imidazole rings is 1. The van der Waals surface area contributed by atoms with E-state index in [1.807, 2.05) is 18.3 Å². The highest BCUT2D eigenvalue weighted by Gasteiger charge is 2.19. The first-order valence-corrected chi connectivity index (χ1v) is 6.91. The van der Waals surface area contributed by atoms with Crippen molar-refractivity contribution in [1.82, 2.24) is 14.3 Å². The third-order valence-electron chi connectivity index (χ3n) is 3.77. The van der Waals surface area contributed by atoms with Crippen LogP contribution >= 0.6 is 11.6 Å². The molecule has 18 heavy (non-hydrogen) atoms. The summed E-state index contributed by atoms with van der Waals surface area (Å²) < 4.78 is 2.07. The van der Waals surface area contributed by atoms with Gasteiger partial charge in [0.15, 0.2) is 0 Å². The van der Waals surface area contributed by atoms with Crippen molar-refractivity contribution in [2.24, 2.45) is 5.92 Å². The summed E-state index contributed by atoms with van der Waals surface area (Å²) in [5.41, 5.74) is 1.08. The lowest BCUT2D eigenvalue weighted by molar-refractivity contribution is 0.207. The van der Waals surface area contributed by atoms with Crippen LogP contribution in [-0.4, -0.2) is 34.4 Å². The average Bonchev–Trinajstić information content (AvgIpc) is 2.74. The third kappa shape index (κ3) is 2.25. The lowest BCUT2D eigenvalue weighted by atomic mass is 9.95. The molecule has 4 heteroatoms. The number of hydrogen-bond donors (Lipinski definition) is 0. The first-order chi connectivity index (χ1) is 8.74. The Bertz CT molecular complexity index is 549. The largest absolute Gasteiger partial charge is 0.306 e. The molecule has 0 aliphatic carbocycles. The summed E-state index contributed by atoms with van der Waals surface area (Å²) in [6.45, 7) is 2.39. The molecule has 0 spiro atoms.